The predicted octanol–water partition coefficient (Wildman–Crippen LogP) is 2.29. The van der Waals surface area contributed by atoms with E-state index in [-0.39, 0.29) is 0 Å². The Morgan fingerprint density at radius 2 is 1.83 bits per heavy atom. The molecule has 3 nitrogen and oxygen atoms in total. The zero-order chi connectivity index (χ0) is 12.5. The van der Waals surface area contributed by atoms with Gasteiger partial charge in [0.05, 0.1) is 6.61 Å². The van der Waals surface area contributed by atoms with Crippen molar-refractivity contribution in [3.63, 3.8) is 0 Å². The molecule has 1 aliphatic rings. The lowest BCUT2D eigenvalue weighted by molar-refractivity contribution is 0.214. The summed E-state index contributed by atoms with van der Waals surface area (Å²) in [7, 11) is 0. The van der Waals surface area contributed by atoms with Gasteiger partial charge in [-0.1, -0.05) is 36.4 Å². The molecule has 92 valence electrons. The van der Waals surface area contributed by atoms with Crippen LogP contribution < -0.4 is 10.5 Å². The fourth-order valence-electron chi connectivity index (χ4n) is 2.38. The van der Waals surface area contributed by atoms with Crippen molar-refractivity contribution in [3.05, 3.63) is 59.2 Å². The second kappa shape index (κ2) is 4.35. The van der Waals surface area contributed by atoms with E-state index >= 15 is 0 Å². The number of aliphatic hydroxyl groups is 1. The normalized spacial score (nSPS) is 14.9. The highest BCUT2D eigenvalue weighted by atomic mass is 16.5. The fourth-order valence-corrected chi connectivity index (χ4v) is 2.38. The summed E-state index contributed by atoms with van der Waals surface area (Å²) >= 11 is 0. The molecule has 0 saturated heterocycles. The summed E-state index contributed by atoms with van der Waals surface area (Å²) in [4.78, 5) is 0. The third kappa shape index (κ3) is 1.73. The van der Waals surface area contributed by atoms with Crippen LogP contribution in [0.15, 0.2) is 42.5 Å². The molecule has 0 radical (unpaired) electrons. The molecule has 0 fully saturated rings. The van der Waals surface area contributed by atoms with Gasteiger partial charge >= 0.3 is 0 Å². The third-order valence-corrected chi connectivity index (χ3v) is 3.33. The highest BCUT2D eigenvalue weighted by molar-refractivity contribution is 5.54. The Bertz CT molecular complexity index is 580. The molecule has 0 aliphatic carbocycles. The first kappa shape index (κ1) is 11.1. The lowest BCUT2D eigenvalue weighted by atomic mass is 9.97. The van der Waals surface area contributed by atoms with Crippen LogP contribution in [0, 0.1) is 0 Å². The predicted molar refractivity (Wildman–Crippen MR) is 70.6 cm³/mol. The lowest BCUT2D eigenvalue weighted by Gasteiger charge is -2.16. The Morgan fingerprint density at radius 1 is 1.06 bits per heavy atom. The maximum absolute atomic E-state index is 10.5. The van der Waals surface area contributed by atoms with E-state index in [2.05, 4.69) is 0 Å². The number of hydrogen-bond acceptors (Lipinski definition) is 3. The van der Waals surface area contributed by atoms with E-state index in [1.807, 2.05) is 36.4 Å². The van der Waals surface area contributed by atoms with Gasteiger partial charge < -0.3 is 15.6 Å². The van der Waals surface area contributed by atoms with Gasteiger partial charge in [0, 0.05) is 23.2 Å². The van der Waals surface area contributed by atoms with Crippen LogP contribution in [0.25, 0.3) is 0 Å². The molecule has 3 rings (SSSR count). The number of ether oxygens (including phenoxy) is 1. The second-order valence-electron chi connectivity index (χ2n) is 4.47. The van der Waals surface area contributed by atoms with Crippen LogP contribution in [0.5, 0.6) is 5.75 Å². The van der Waals surface area contributed by atoms with E-state index in [1.54, 1.807) is 6.07 Å². The number of anilines is 1. The van der Waals surface area contributed by atoms with Crippen molar-refractivity contribution >= 4 is 5.69 Å². The largest absolute Gasteiger partial charge is 0.493 e. The lowest BCUT2D eigenvalue weighted by Crippen LogP contribution is -2.05. The van der Waals surface area contributed by atoms with Crippen molar-refractivity contribution < 1.29 is 9.84 Å². The Kier molecular flexibility index (Phi) is 2.68. The molecule has 0 bridgehead atoms. The van der Waals surface area contributed by atoms with Gasteiger partial charge in [-0.05, 0) is 11.6 Å². The molecule has 1 atom stereocenters. The van der Waals surface area contributed by atoms with Crippen molar-refractivity contribution in [3.8, 4) is 5.75 Å². The Hall–Kier alpha value is -2.00. The van der Waals surface area contributed by atoms with Crippen LogP contribution in [-0.2, 0) is 6.42 Å². The maximum Gasteiger partial charge on any atom is 0.128 e. The number of nitrogen functional groups attached to an aromatic ring is 1. The molecule has 0 saturated carbocycles. The smallest absolute Gasteiger partial charge is 0.128 e. The SMILES string of the molecule is Nc1ccccc1C(O)c1cccc2c1OCC2. The van der Waals surface area contributed by atoms with Crippen molar-refractivity contribution in [2.75, 3.05) is 12.3 Å². The van der Waals surface area contributed by atoms with Crippen LogP contribution >= 0.6 is 0 Å². The minimum Gasteiger partial charge on any atom is -0.493 e. The molecule has 0 spiro atoms. The molecule has 1 aliphatic heterocycles. The molecular formula is C15H15NO2. The monoisotopic (exact) mass is 241 g/mol. The van der Waals surface area contributed by atoms with Crippen molar-refractivity contribution in [2.24, 2.45) is 0 Å². The number of aliphatic hydroxyl groups excluding tert-OH is 1. The molecule has 3 N–H and O–H groups in total. The van der Waals surface area contributed by atoms with Gasteiger partial charge in [-0.3, -0.25) is 0 Å². The number of fused-ring (bicyclic) bond motifs is 1. The molecule has 2 aromatic rings. The zero-order valence-electron chi connectivity index (χ0n) is 9.97. The van der Waals surface area contributed by atoms with Crippen molar-refractivity contribution in [2.45, 2.75) is 12.5 Å². The number of nitrogens with two attached hydrogens (primary N) is 1. The van der Waals surface area contributed by atoms with Crippen LogP contribution in [0.2, 0.25) is 0 Å². The van der Waals surface area contributed by atoms with Gasteiger partial charge in [0.15, 0.2) is 0 Å². The molecule has 3 heteroatoms. The van der Waals surface area contributed by atoms with E-state index in [4.69, 9.17) is 10.5 Å². The topological polar surface area (TPSA) is 55.5 Å². The molecular weight excluding hydrogens is 226 g/mol. The van der Waals surface area contributed by atoms with Crippen LogP contribution in [0.4, 0.5) is 5.69 Å². The molecule has 18 heavy (non-hydrogen) atoms. The molecule has 0 aromatic heterocycles. The minimum atomic E-state index is -0.737. The summed E-state index contributed by atoms with van der Waals surface area (Å²) in [6.07, 6.45) is 0.166. The first-order valence-electron chi connectivity index (χ1n) is 6.04. The van der Waals surface area contributed by atoms with Gasteiger partial charge in [0.1, 0.15) is 11.9 Å². The number of hydrogen-bond donors (Lipinski definition) is 2. The van der Waals surface area contributed by atoms with Gasteiger partial charge in [-0.15, -0.1) is 0 Å². The maximum atomic E-state index is 10.5. The summed E-state index contributed by atoms with van der Waals surface area (Å²) in [5.74, 6) is 0.813. The number of rotatable bonds is 2. The Labute approximate surface area is 106 Å². The second-order valence-corrected chi connectivity index (χ2v) is 4.47. The Balaban J connectivity index is 2.06. The number of para-hydroxylation sites is 2. The Morgan fingerprint density at radius 3 is 2.67 bits per heavy atom. The molecule has 1 heterocycles. The number of benzene rings is 2. The molecule has 1 unspecified atom stereocenters. The average molecular weight is 241 g/mol. The first-order chi connectivity index (χ1) is 8.77. The quantitative estimate of drug-likeness (QED) is 0.793. The summed E-state index contributed by atoms with van der Waals surface area (Å²) < 4.78 is 5.61. The van der Waals surface area contributed by atoms with E-state index < -0.39 is 6.10 Å². The van der Waals surface area contributed by atoms with E-state index in [1.165, 1.54) is 0 Å². The third-order valence-electron chi connectivity index (χ3n) is 3.33. The van der Waals surface area contributed by atoms with E-state index in [0.29, 0.717) is 12.3 Å². The van der Waals surface area contributed by atoms with E-state index in [9.17, 15) is 5.11 Å². The summed E-state index contributed by atoms with van der Waals surface area (Å²) in [5, 5.41) is 10.5. The van der Waals surface area contributed by atoms with Crippen molar-refractivity contribution in [1.29, 1.82) is 0 Å². The standard InChI is InChI=1S/C15H15NO2/c16-13-7-2-1-5-11(13)14(17)12-6-3-4-10-8-9-18-15(10)12/h1-7,14,17H,8-9,16H2. The van der Waals surface area contributed by atoms with Crippen LogP contribution in [-0.4, -0.2) is 11.7 Å². The van der Waals surface area contributed by atoms with E-state index in [0.717, 1.165) is 28.9 Å². The van der Waals surface area contributed by atoms with Gasteiger partial charge in [0.2, 0.25) is 0 Å². The summed E-state index contributed by atoms with van der Waals surface area (Å²) in [6, 6.07) is 13.2. The highest BCUT2D eigenvalue weighted by Gasteiger charge is 2.22. The molecule has 0 amide bonds. The summed E-state index contributed by atoms with van der Waals surface area (Å²) in [5.41, 5.74) is 9.17. The summed E-state index contributed by atoms with van der Waals surface area (Å²) in [6.45, 7) is 0.684. The zero-order valence-corrected chi connectivity index (χ0v) is 9.97. The van der Waals surface area contributed by atoms with Crippen molar-refractivity contribution in [1.82, 2.24) is 0 Å². The van der Waals surface area contributed by atoms with Crippen LogP contribution in [0.1, 0.15) is 22.8 Å². The van der Waals surface area contributed by atoms with Gasteiger partial charge in [0.25, 0.3) is 0 Å². The minimum absolute atomic E-state index is 0.598. The first-order valence-corrected chi connectivity index (χ1v) is 6.04. The molecule has 2 aromatic carbocycles. The van der Waals surface area contributed by atoms with Crippen LogP contribution in [0.3, 0.4) is 0 Å². The average Bonchev–Trinajstić information content (AvgIpc) is 2.86. The highest BCUT2D eigenvalue weighted by Crippen LogP contribution is 2.37. The fraction of sp³-hybridized carbons (Fsp3) is 0.200. The van der Waals surface area contributed by atoms with Gasteiger partial charge in [-0.2, -0.15) is 0 Å². The van der Waals surface area contributed by atoms with Gasteiger partial charge in [-0.25, -0.2) is 0 Å².